The number of pyridine rings is 1. The summed E-state index contributed by atoms with van der Waals surface area (Å²) >= 11 is 0. The van der Waals surface area contributed by atoms with E-state index in [0.29, 0.717) is 25.7 Å². The van der Waals surface area contributed by atoms with E-state index in [1.54, 1.807) is 13.1 Å². The van der Waals surface area contributed by atoms with Gasteiger partial charge >= 0.3 is 5.97 Å². The minimum Gasteiger partial charge on any atom is -0.473 e. The highest BCUT2D eigenvalue weighted by Crippen LogP contribution is 2.34. The monoisotopic (exact) mass is 417 g/mol. The maximum atomic E-state index is 11.8. The summed E-state index contributed by atoms with van der Waals surface area (Å²) in [4.78, 5) is 16.2. The molecule has 1 aliphatic heterocycles. The van der Waals surface area contributed by atoms with Gasteiger partial charge in [-0.15, -0.1) is 0 Å². The van der Waals surface area contributed by atoms with Gasteiger partial charge in [-0.05, 0) is 60.2 Å². The van der Waals surface area contributed by atoms with Crippen LogP contribution < -0.4 is 4.74 Å². The lowest BCUT2D eigenvalue weighted by Crippen LogP contribution is -2.09. The predicted octanol–water partition coefficient (Wildman–Crippen LogP) is 5.47. The highest BCUT2D eigenvalue weighted by atomic mass is 16.5. The number of hydrogen-bond acceptors (Lipinski definition) is 5. The van der Waals surface area contributed by atoms with Gasteiger partial charge in [-0.1, -0.05) is 36.4 Å². The molecule has 0 saturated heterocycles. The number of aromatic nitrogens is 1. The topological polar surface area (TPSA) is 57.7 Å². The van der Waals surface area contributed by atoms with E-state index >= 15 is 0 Å². The maximum Gasteiger partial charge on any atom is 0.308 e. The average Bonchev–Trinajstić information content (AvgIpc) is 3.14. The highest BCUT2D eigenvalue weighted by Gasteiger charge is 2.27. The van der Waals surface area contributed by atoms with Crippen LogP contribution in [0.2, 0.25) is 0 Å². The van der Waals surface area contributed by atoms with Gasteiger partial charge in [0.1, 0.15) is 6.61 Å². The molecule has 0 bridgehead atoms. The van der Waals surface area contributed by atoms with Gasteiger partial charge < -0.3 is 14.2 Å². The van der Waals surface area contributed by atoms with Crippen LogP contribution in [0.3, 0.4) is 0 Å². The molecule has 5 nitrogen and oxygen atoms in total. The van der Waals surface area contributed by atoms with E-state index in [4.69, 9.17) is 14.2 Å². The summed E-state index contributed by atoms with van der Waals surface area (Å²) in [5.41, 5.74) is 7.99. The fraction of sp³-hybridized carbons (Fsp3) is 0.308. The van der Waals surface area contributed by atoms with Crippen molar-refractivity contribution in [2.24, 2.45) is 0 Å². The number of carbonyl (C=O) groups excluding carboxylic acids is 1. The van der Waals surface area contributed by atoms with Gasteiger partial charge in [0.05, 0.1) is 25.7 Å². The van der Waals surface area contributed by atoms with Crippen LogP contribution in [0.25, 0.3) is 11.1 Å². The molecule has 0 spiro atoms. The van der Waals surface area contributed by atoms with Gasteiger partial charge in [-0.3, -0.25) is 4.79 Å². The molecule has 160 valence electrons. The molecule has 4 rings (SSSR count). The van der Waals surface area contributed by atoms with Gasteiger partial charge in [0.15, 0.2) is 0 Å². The Hall–Kier alpha value is -3.18. The van der Waals surface area contributed by atoms with Crippen molar-refractivity contribution in [1.29, 1.82) is 0 Å². The van der Waals surface area contributed by atoms with Crippen molar-refractivity contribution in [2.45, 2.75) is 46.5 Å². The van der Waals surface area contributed by atoms with E-state index in [0.717, 1.165) is 16.7 Å². The van der Waals surface area contributed by atoms with Crippen molar-refractivity contribution in [3.05, 3.63) is 82.5 Å². The Kier molecular flexibility index (Phi) is 6.33. The molecule has 2 heterocycles. The smallest absolute Gasteiger partial charge is 0.308 e. The Balaban J connectivity index is 1.44. The molecule has 0 fully saturated rings. The molecule has 31 heavy (non-hydrogen) atoms. The molecule has 1 aromatic heterocycles. The number of rotatable bonds is 7. The zero-order valence-electron chi connectivity index (χ0n) is 18.2. The van der Waals surface area contributed by atoms with Crippen LogP contribution in [0, 0.1) is 13.8 Å². The Bertz CT molecular complexity index is 1070. The number of carbonyl (C=O) groups is 1. The Morgan fingerprint density at radius 2 is 1.90 bits per heavy atom. The molecule has 1 aliphatic rings. The number of aryl methyl sites for hydroxylation is 2. The first kappa shape index (κ1) is 21.1. The van der Waals surface area contributed by atoms with Crippen LogP contribution in [-0.2, 0) is 27.5 Å². The summed E-state index contributed by atoms with van der Waals surface area (Å²) in [6, 6.07) is 16.7. The van der Waals surface area contributed by atoms with Crippen molar-refractivity contribution in [3.63, 3.8) is 0 Å². The van der Waals surface area contributed by atoms with E-state index < -0.39 is 0 Å². The molecule has 1 unspecified atom stereocenters. The van der Waals surface area contributed by atoms with Crippen molar-refractivity contribution in [2.75, 3.05) is 6.61 Å². The van der Waals surface area contributed by atoms with Gasteiger partial charge in [0.2, 0.25) is 5.88 Å². The molecule has 1 atom stereocenters. The van der Waals surface area contributed by atoms with Crippen LogP contribution in [0.1, 0.15) is 47.3 Å². The van der Waals surface area contributed by atoms with Crippen molar-refractivity contribution in [1.82, 2.24) is 4.98 Å². The van der Waals surface area contributed by atoms with Crippen LogP contribution in [0.15, 0.2) is 54.7 Å². The van der Waals surface area contributed by atoms with Crippen molar-refractivity contribution in [3.8, 4) is 17.0 Å². The van der Waals surface area contributed by atoms with Crippen LogP contribution >= 0.6 is 0 Å². The maximum absolute atomic E-state index is 11.8. The third kappa shape index (κ3) is 4.78. The lowest BCUT2D eigenvalue weighted by atomic mass is 9.95. The number of esters is 1. The second-order valence-electron chi connectivity index (χ2n) is 7.79. The Morgan fingerprint density at radius 3 is 2.68 bits per heavy atom. The third-order valence-electron chi connectivity index (χ3n) is 5.53. The Labute approximate surface area is 183 Å². The van der Waals surface area contributed by atoms with Crippen LogP contribution in [0.5, 0.6) is 5.88 Å². The average molecular weight is 418 g/mol. The number of benzene rings is 2. The molecule has 0 amide bonds. The van der Waals surface area contributed by atoms with Gasteiger partial charge in [0.25, 0.3) is 0 Å². The minimum absolute atomic E-state index is 0.202. The van der Waals surface area contributed by atoms with E-state index in [1.165, 1.54) is 22.3 Å². The number of nitrogens with zero attached hydrogens (tertiary/aromatic N) is 1. The highest BCUT2D eigenvalue weighted by molar-refractivity contribution is 5.71. The summed E-state index contributed by atoms with van der Waals surface area (Å²) in [5, 5.41) is 0. The van der Waals surface area contributed by atoms with Crippen LogP contribution in [0.4, 0.5) is 0 Å². The summed E-state index contributed by atoms with van der Waals surface area (Å²) in [6.07, 6.45) is 1.65. The second-order valence-corrected chi connectivity index (χ2v) is 7.79. The molecule has 0 N–H and O–H groups in total. The normalized spacial score (nSPS) is 14.9. The fourth-order valence-electron chi connectivity index (χ4n) is 4.04. The van der Waals surface area contributed by atoms with E-state index in [2.05, 4.69) is 61.3 Å². The molecular formula is C26H27NO4. The molecule has 0 radical (unpaired) electrons. The zero-order valence-corrected chi connectivity index (χ0v) is 18.2. The number of fused-ring (bicyclic) bond motifs is 1. The fourth-order valence-corrected chi connectivity index (χ4v) is 4.04. The van der Waals surface area contributed by atoms with E-state index in [-0.39, 0.29) is 18.5 Å². The largest absolute Gasteiger partial charge is 0.473 e. The van der Waals surface area contributed by atoms with E-state index in [9.17, 15) is 4.79 Å². The predicted molar refractivity (Wildman–Crippen MR) is 119 cm³/mol. The minimum atomic E-state index is -0.301. The molecule has 0 aliphatic carbocycles. The summed E-state index contributed by atoms with van der Waals surface area (Å²) < 4.78 is 16.7. The quantitative estimate of drug-likeness (QED) is 0.477. The number of hydrogen-bond donors (Lipinski definition) is 0. The SMILES string of the molecule is CCOC(=O)CC1OCc2cc(OCc3cccc(-c4c(C)cccc4C)c3)ncc21. The van der Waals surface area contributed by atoms with Crippen molar-refractivity contribution >= 4 is 5.97 Å². The molecule has 5 heteroatoms. The molecule has 2 aromatic carbocycles. The Morgan fingerprint density at radius 1 is 1.13 bits per heavy atom. The lowest BCUT2D eigenvalue weighted by Gasteiger charge is -2.12. The summed E-state index contributed by atoms with van der Waals surface area (Å²) in [5.74, 6) is 0.293. The molecular weight excluding hydrogens is 390 g/mol. The van der Waals surface area contributed by atoms with Crippen molar-refractivity contribution < 1.29 is 19.0 Å². The molecule has 3 aromatic rings. The first-order valence-electron chi connectivity index (χ1n) is 10.6. The van der Waals surface area contributed by atoms with Gasteiger partial charge in [-0.25, -0.2) is 4.98 Å². The number of ether oxygens (including phenoxy) is 3. The summed E-state index contributed by atoms with van der Waals surface area (Å²) in [6.45, 7) is 7.31. The lowest BCUT2D eigenvalue weighted by molar-refractivity contribution is -0.146. The van der Waals surface area contributed by atoms with E-state index in [1.807, 2.05) is 6.07 Å². The third-order valence-corrected chi connectivity index (χ3v) is 5.53. The second kappa shape index (κ2) is 9.31. The van der Waals surface area contributed by atoms with Gasteiger partial charge in [0, 0.05) is 17.8 Å². The first-order valence-corrected chi connectivity index (χ1v) is 10.6. The van der Waals surface area contributed by atoms with Crippen LogP contribution in [-0.4, -0.2) is 17.6 Å². The zero-order chi connectivity index (χ0) is 21.8. The summed E-state index contributed by atoms with van der Waals surface area (Å²) in [7, 11) is 0. The molecule has 0 saturated carbocycles. The van der Waals surface area contributed by atoms with Gasteiger partial charge in [-0.2, -0.15) is 0 Å². The standard InChI is InChI=1S/C26H27NO4/c1-4-29-25(28)13-23-22-14-27-24(12-21(22)16-30-23)31-15-19-9-6-10-20(11-19)26-17(2)7-5-8-18(26)3/h5-12,14,23H,4,13,15-16H2,1-3H3. The first-order chi connectivity index (χ1) is 15.0.